The molecule has 29 heavy (non-hydrogen) atoms. The maximum Gasteiger partial charge on any atom is 0.222 e. The molecule has 1 aliphatic heterocycles. The molecule has 0 radical (unpaired) electrons. The molecule has 9 heteroatoms. The number of benzene rings is 1. The number of nitrogens with zero attached hydrogens (tertiary/aromatic N) is 3. The zero-order chi connectivity index (χ0) is 20.4. The number of hydrogen-bond acceptors (Lipinski definition) is 7. The molecule has 1 aromatic carbocycles. The monoisotopic (exact) mass is 398 g/mol. The second-order valence-corrected chi connectivity index (χ2v) is 7.34. The van der Waals surface area contributed by atoms with Gasteiger partial charge in [-0.1, -0.05) is 6.92 Å². The van der Waals surface area contributed by atoms with Crippen LogP contribution in [0.15, 0.2) is 36.5 Å². The third kappa shape index (κ3) is 3.98. The maximum atomic E-state index is 13.4. The summed E-state index contributed by atoms with van der Waals surface area (Å²) >= 11 is 0. The van der Waals surface area contributed by atoms with Crippen LogP contribution >= 0.6 is 0 Å². The minimum Gasteiger partial charge on any atom is -0.357 e. The standard InChI is InChI=1S/C20H23FN6O2/c1-20(9-22)10-28-18(29-11-20)17-26-15(12-3-5-13(21)6-4-12)16(27-17)14-7-8-24-19(23-2)25-14/h3-8,18H,9-11,22H2,1-2H3,(H,26,27)(H,23,24,25). The first-order chi connectivity index (χ1) is 14.0. The molecule has 3 aromatic rings. The number of hydrogen-bond donors (Lipinski definition) is 3. The van der Waals surface area contributed by atoms with Crippen LogP contribution in [-0.2, 0) is 9.47 Å². The van der Waals surface area contributed by atoms with E-state index in [-0.39, 0.29) is 11.2 Å². The number of aromatic nitrogens is 4. The van der Waals surface area contributed by atoms with E-state index in [0.29, 0.717) is 48.6 Å². The summed E-state index contributed by atoms with van der Waals surface area (Å²) in [5.41, 5.74) is 8.27. The minimum absolute atomic E-state index is 0.222. The van der Waals surface area contributed by atoms with Gasteiger partial charge in [-0.05, 0) is 30.3 Å². The molecule has 0 amide bonds. The number of nitrogens with one attached hydrogen (secondary N) is 2. The highest BCUT2D eigenvalue weighted by Gasteiger charge is 2.34. The quantitative estimate of drug-likeness (QED) is 0.606. The molecular formula is C20H23FN6O2. The topological polar surface area (TPSA) is 111 Å². The molecule has 0 aliphatic carbocycles. The van der Waals surface area contributed by atoms with Crippen molar-refractivity contribution in [2.75, 3.05) is 32.1 Å². The summed E-state index contributed by atoms with van der Waals surface area (Å²) in [6.07, 6.45) is 1.01. The molecule has 4 N–H and O–H groups in total. The molecule has 0 bridgehead atoms. The fourth-order valence-corrected chi connectivity index (χ4v) is 3.04. The van der Waals surface area contributed by atoms with E-state index in [1.807, 2.05) is 6.92 Å². The van der Waals surface area contributed by atoms with Crippen molar-refractivity contribution in [1.82, 2.24) is 19.9 Å². The largest absolute Gasteiger partial charge is 0.357 e. The molecule has 1 saturated heterocycles. The zero-order valence-corrected chi connectivity index (χ0v) is 16.3. The molecule has 0 atom stereocenters. The Balaban J connectivity index is 1.74. The van der Waals surface area contributed by atoms with Gasteiger partial charge in [0.05, 0.1) is 30.3 Å². The summed E-state index contributed by atoms with van der Waals surface area (Å²) in [7, 11) is 1.75. The van der Waals surface area contributed by atoms with Crippen molar-refractivity contribution in [3.05, 3.63) is 48.2 Å². The van der Waals surface area contributed by atoms with Crippen molar-refractivity contribution in [2.24, 2.45) is 11.1 Å². The third-order valence-corrected chi connectivity index (χ3v) is 4.86. The van der Waals surface area contributed by atoms with Crippen LogP contribution < -0.4 is 11.1 Å². The molecule has 0 saturated carbocycles. The first-order valence-corrected chi connectivity index (χ1v) is 9.31. The van der Waals surface area contributed by atoms with Crippen molar-refractivity contribution in [1.29, 1.82) is 0 Å². The second-order valence-electron chi connectivity index (χ2n) is 7.34. The Morgan fingerprint density at radius 1 is 1.21 bits per heavy atom. The predicted molar refractivity (Wildman–Crippen MR) is 106 cm³/mol. The van der Waals surface area contributed by atoms with E-state index in [1.54, 1.807) is 31.4 Å². The molecule has 8 nitrogen and oxygen atoms in total. The van der Waals surface area contributed by atoms with Gasteiger partial charge in [-0.3, -0.25) is 0 Å². The molecule has 4 rings (SSSR count). The van der Waals surface area contributed by atoms with Crippen molar-refractivity contribution in [3.8, 4) is 22.6 Å². The van der Waals surface area contributed by atoms with Crippen LogP contribution in [-0.4, -0.2) is 46.7 Å². The van der Waals surface area contributed by atoms with Crippen molar-refractivity contribution < 1.29 is 13.9 Å². The first kappa shape index (κ1) is 19.4. The third-order valence-electron chi connectivity index (χ3n) is 4.86. The van der Waals surface area contributed by atoms with Crippen LogP contribution in [0.5, 0.6) is 0 Å². The highest BCUT2D eigenvalue weighted by molar-refractivity contribution is 5.77. The van der Waals surface area contributed by atoms with Crippen LogP contribution in [0.3, 0.4) is 0 Å². The summed E-state index contributed by atoms with van der Waals surface area (Å²) in [6.45, 7) is 3.42. The summed E-state index contributed by atoms with van der Waals surface area (Å²) in [4.78, 5) is 16.6. The Bertz CT molecular complexity index is 983. The molecule has 1 aliphatic rings. The lowest BCUT2D eigenvalue weighted by molar-refractivity contribution is -0.231. The Morgan fingerprint density at radius 2 is 1.93 bits per heavy atom. The average Bonchev–Trinajstić information content (AvgIpc) is 3.20. The van der Waals surface area contributed by atoms with Gasteiger partial charge in [-0.2, -0.15) is 0 Å². The Labute approximate surface area is 167 Å². The lowest BCUT2D eigenvalue weighted by atomic mass is 9.93. The van der Waals surface area contributed by atoms with E-state index in [2.05, 4.69) is 20.3 Å². The molecule has 0 spiro atoms. The van der Waals surface area contributed by atoms with Gasteiger partial charge in [-0.15, -0.1) is 0 Å². The van der Waals surface area contributed by atoms with Gasteiger partial charge in [0.1, 0.15) is 5.82 Å². The average molecular weight is 398 g/mol. The van der Waals surface area contributed by atoms with E-state index in [0.717, 1.165) is 5.56 Å². The van der Waals surface area contributed by atoms with E-state index < -0.39 is 6.29 Å². The summed E-state index contributed by atoms with van der Waals surface area (Å²) in [6, 6.07) is 7.92. The summed E-state index contributed by atoms with van der Waals surface area (Å²) in [5, 5.41) is 2.92. The van der Waals surface area contributed by atoms with Crippen molar-refractivity contribution in [2.45, 2.75) is 13.2 Å². The predicted octanol–water partition coefficient (Wildman–Crippen LogP) is 2.72. The number of anilines is 1. The molecule has 0 unspecified atom stereocenters. The van der Waals surface area contributed by atoms with Gasteiger partial charge >= 0.3 is 0 Å². The molecule has 1 fully saturated rings. The fraction of sp³-hybridized carbons (Fsp3) is 0.350. The van der Waals surface area contributed by atoms with Crippen LogP contribution in [0, 0.1) is 11.2 Å². The number of ether oxygens (including phenoxy) is 2. The van der Waals surface area contributed by atoms with Gasteiger partial charge in [0.2, 0.25) is 12.2 Å². The SMILES string of the molecule is CNc1nccc(-c2[nH]c(C3OCC(C)(CN)CO3)nc2-c2ccc(F)cc2)n1. The van der Waals surface area contributed by atoms with Gasteiger partial charge in [0, 0.05) is 30.8 Å². The van der Waals surface area contributed by atoms with E-state index in [4.69, 9.17) is 20.2 Å². The van der Waals surface area contributed by atoms with Crippen LogP contribution in [0.2, 0.25) is 0 Å². The van der Waals surface area contributed by atoms with Crippen molar-refractivity contribution in [3.63, 3.8) is 0 Å². The zero-order valence-electron chi connectivity index (χ0n) is 16.3. The lowest BCUT2D eigenvalue weighted by Gasteiger charge is -2.35. The number of nitrogens with two attached hydrogens (primary N) is 1. The van der Waals surface area contributed by atoms with Crippen LogP contribution in [0.1, 0.15) is 19.0 Å². The lowest BCUT2D eigenvalue weighted by Crippen LogP contribution is -2.42. The normalized spacial score (nSPS) is 21.9. The van der Waals surface area contributed by atoms with Gasteiger partial charge < -0.3 is 25.5 Å². The Kier molecular flexibility index (Phi) is 5.27. The highest BCUT2D eigenvalue weighted by Crippen LogP contribution is 2.35. The summed E-state index contributed by atoms with van der Waals surface area (Å²) < 4.78 is 25.2. The number of H-pyrrole nitrogens is 1. The number of rotatable bonds is 5. The molecule has 152 valence electrons. The first-order valence-electron chi connectivity index (χ1n) is 9.31. The van der Waals surface area contributed by atoms with E-state index >= 15 is 0 Å². The minimum atomic E-state index is -0.645. The number of halogens is 1. The Hall–Kier alpha value is -2.88. The van der Waals surface area contributed by atoms with Gasteiger partial charge in [0.25, 0.3) is 0 Å². The molecule has 3 heterocycles. The maximum absolute atomic E-state index is 13.4. The number of aromatic amines is 1. The molecule has 2 aromatic heterocycles. The van der Waals surface area contributed by atoms with Gasteiger partial charge in [-0.25, -0.2) is 19.3 Å². The molecular weight excluding hydrogens is 375 g/mol. The fourth-order valence-electron chi connectivity index (χ4n) is 3.04. The second kappa shape index (κ2) is 7.86. The number of imidazole rings is 1. The van der Waals surface area contributed by atoms with E-state index in [9.17, 15) is 4.39 Å². The smallest absolute Gasteiger partial charge is 0.222 e. The van der Waals surface area contributed by atoms with Crippen LogP contribution in [0.4, 0.5) is 10.3 Å². The highest BCUT2D eigenvalue weighted by atomic mass is 19.1. The van der Waals surface area contributed by atoms with Crippen LogP contribution in [0.25, 0.3) is 22.6 Å². The Morgan fingerprint density at radius 3 is 2.59 bits per heavy atom. The van der Waals surface area contributed by atoms with Crippen molar-refractivity contribution >= 4 is 5.95 Å². The van der Waals surface area contributed by atoms with Gasteiger partial charge in [0.15, 0.2) is 5.82 Å². The van der Waals surface area contributed by atoms with E-state index in [1.165, 1.54) is 12.1 Å². The summed E-state index contributed by atoms with van der Waals surface area (Å²) in [5.74, 6) is 0.682.